The Labute approximate surface area is 145 Å². The summed E-state index contributed by atoms with van der Waals surface area (Å²) in [6, 6.07) is 0.893. The summed E-state index contributed by atoms with van der Waals surface area (Å²) >= 11 is 0. The minimum absolute atomic E-state index is 0.192. The molecule has 0 aliphatic carbocycles. The van der Waals surface area contributed by atoms with Crippen LogP contribution in [0.3, 0.4) is 0 Å². The molecule has 0 spiro atoms. The molecule has 0 radical (unpaired) electrons. The van der Waals surface area contributed by atoms with E-state index in [2.05, 4.69) is 30.8 Å². The van der Waals surface area contributed by atoms with Gasteiger partial charge in [0.15, 0.2) is 5.82 Å². The van der Waals surface area contributed by atoms with Crippen LogP contribution in [0.4, 0.5) is 18.9 Å². The number of imidazole rings is 1. The molecule has 3 heterocycles. The van der Waals surface area contributed by atoms with Gasteiger partial charge in [-0.25, -0.2) is 18.2 Å². The normalized spacial score (nSPS) is 13.5. The van der Waals surface area contributed by atoms with E-state index in [-0.39, 0.29) is 5.69 Å². The van der Waals surface area contributed by atoms with E-state index < -0.39 is 28.9 Å². The molecule has 4 rings (SSSR count). The first-order chi connectivity index (χ1) is 12.5. The molecular weight excluding hydrogens is 349 g/mol. The van der Waals surface area contributed by atoms with Gasteiger partial charge in [0.25, 0.3) is 5.91 Å². The van der Waals surface area contributed by atoms with Gasteiger partial charge in [-0.2, -0.15) is 5.10 Å². The number of aromatic nitrogens is 4. The second kappa shape index (κ2) is 6.30. The predicted molar refractivity (Wildman–Crippen MR) is 85.8 cm³/mol. The highest BCUT2D eigenvalue weighted by Crippen LogP contribution is 2.26. The fourth-order valence-electron chi connectivity index (χ4n) is 2.84. The van der Waals surface area contributed by atoms with E-state index in [9.17, 15) is 18.0 Å². The third kappa shape index (κ3) is 2.84. The molecule has 0 fully saturated rings. The van der Waals surface area contributed by atoms with Gasteiger partial charge in [0.05, 0.1) is 23.3 Å². The Balaban J connectivity index is 1.64. The van der Waals surface area contributed by atoms with Crippen molar-refractivity contribution in [3.05, 3.63) is 52.7 Å². The average molecular weight is 362 g/mol. The van der Waals surface area contributed by atoms with Crippen molar-refractivity contribution in [2.45, 2.75) is 13.0 Å². The number of carbonyl (C=O) groups is 1. The molecule has 3 aromatic rings. The van der Waals surface area contributed by atoms with Crippen molar-refractivity contribution in [2.75, 3.05) is 11.9 Å². The number of amides is 1. The third-order valence-corrected chi connectivity index (χ3v) is 4.06. The van der Waals surface area contributed by atoms with Crippen LogP contribution in [0.15, 0.2) is 18.3 Å². The van der Waals surface area contributed by atoms with Gasteiger partial charge in [0, 0.05) is 31.6 Å². The molecular formula is C16H13F3N6O. The quantitative estimate of drug-likeness (QED) is 0.574. The summed E-state index contributed by atoms with van der Waals surface area (Å²) in [5.41, 5.74) is 1.52. The summed E-state index contributed by atoms with van der Waals surface area (Å²) in [6.07, 6.45) is 2.06. The van der Waals surface area contributed by atoms with Gasteiger partial charge in [-0.3, -0.25) is 9.89 Å². The molecule has 0 saturated carbocycles. The molecule has 1 aliphatic rings. The monoisotopic (exact) mass is 362 g/mol. The van der Waals surface area contributed by atoms with Crippen molar-refractivity contribution < 1.29 is 18.0 Å². The fraction of sp³-hybridized carbons (Fsp3) is 0.188. The van der Waals surface area contributed by atoms with Crippen LogP contribution in [-0.4, -0.2) is 32.6 Å². The standard InChI is InChI=1S/C16H13F3N6O/c17-7-3-8(18)13(9(19)4-7)16(26)24-12-6-21-25-14(12)15-22-10-1-2-20-5-11(10)23-15/h3-4,6,20H,1-2,5H2,(H,21,25)(H,22,23)(H,24,26). The van der Waals surface area contributed by atoms with Gasteiger partial charge in [-0.05, 0) is 0 Å². The van der Waals surface area contributed by atoms with Crippen molar-refractivity contribution in [2.24, 2.45) is 0 Å². The van der Waals surface area contributed by atoms with E-state index >= 15 is 0 Å². The van der Waals surface area contributed by atoms with Crippen LogP contribution in [0.1, 0.15) is 21.7 Å². The number of aromatic amines is 2. The number of anilines is 1. The zero-order valence-corrected chi connectivity index (χ0v) is 13.3. The number of hydrogen-bond acceptors (Lipinski definition) is 4. The minimum Gasteiger partial charge on any atom is -0.339 e. The predicted octanol–water partition coefficient (Wildman–Crippen LogP) is 2.12. The Morgan fingerprint density at radius 3 is 2.69 bits per heavy atom. The number of halogens is 3. The SMILES string of the molecule is O=C(Nc1cn[nH]c1-c1nc2c([nH]1)CNCC2)c1c(F)cc(F)cc1F. The van der Waals surface area contributed by atoms with Gasteiger partial charge >= 0.3 is 0 Å². The molecule has 0 bridgehead atoms. The number of nitrogens with one attached hydrogen (secondary N) is 4. The Kier molecular flexibility index (Phi) is 3.96. The number of H-pyrrole nitrogens is 2. The van der Waals surface area contributed by atoms with E-state index in [0.717, 1.165) is 24.4 Å². The summed E-state index contributed by atoms with van der Waals surface area (Å²) in [7, 11) is 0. The van der Waals surface area contributed by atoms with Gasteiger partial charge in [-0.15, -0.1) is 0 Å². The molecule has 0 saturated heterocycles. The lowest BCUT2D eigenvalue weighted by Gasteiger charge is -2.09. The second-order valence-corrected chi connectivity index (χ2v) is 5.79. The summed E-state index contributed by atoms with van der Waals surface area (Å²) < 4.78 is 40.6. The maximum Gasteiger partial charge on any atom is 0.261 e. The lowest BCUT2D eigenvalue weighted by Crippen LogP contribution is -2.23. The van der Waals surface area contributed by atoms with Gasteiger partial charge in [0.1, 0.15) is 28.7 Å². The van der Waals surface area contributed by atoms with Crippen LogP contribution in [0, 0.1) is 17.5 Å². The topological polar surface area (TPSA) is 98.5 Å². The Hall–Kier alpha value is -3.14. The highest BCUT2D eigenvalue weighted by Gasteiger charge is 2.22. The van der Waals surface area contributed by atoms with Gasteiger partial charge in [-0.1, -0.05) is 0 Å². The number of rotatable bonds is 3. The van der Waals surface area contributed by atoms with Crippen LogP contribution in [0.2, 0.25) is 0 Å². The molecule has 134 valence electrons. The van der Waals surface area contributed by atoms with E-state index in [1.54, 1.807) is 0 Å². The molecule has 1 aromatic carbocycles. The molecule has 10 heteroatoms. The molecule has 7 nitrogen and oxygen atoms in total. The first-order valence-electron chi connectivity index (χ1n) is 7.81. The van der Waals surface area contributed by atoms with Crippen molar-refractivity contribution in [3.8, 4) is 11.5 Å². The van der Waals surface area contributed by atoms with Gasteiger partial charge < -0.3 is 15.6 Å². The fourth-order valence-corrected chi connectivity index (χ4v) is 2.84. The number of benzene rings is 1. The zero-order chi connectivity index (χ0) is 18.3. The van der Waals surface area contributed by atoms with Crippen LogP contribution >= 0.6 is 0 Å². The summed E-state index contributed by atoms with van der Waals surface area (Å²) in [6.45, 7) is 1.46. The third-order valence-electron chi connectivity index (χ3n) is 4.06. The lowest BCUT2D eigenvalue weighted by molar-refractivity contribution is 0.101. The molecule has 2 aromatic heterocycles. The van der Waals surface area contributed by atoms with Crippen LogP contribution < -0.4 is 10.6 Å². The zero-order valence-electron chi connectivity index (χ0n) is 13.3. The summed E-state index contributed by atoms with van der Waals surface area (Å²) in [5.74, 6) is -4.28. The van der Waals surface area contributed by atoms with Crippen molar-refractivity contribution in [1.82, 2.24) is 25.5 Å². The molecule has 26 heavy (non-hydrogen) atoms. The summed E-state index contributed by atoms with van der Waals surface area (Å²) in [4.78, 5) is 19.8. The lowest BCUT2D eigenvalue weighted by atomic mass is 10.1. The average Bonchev–Trinajstić information content (AvgIpc) is 3.19. The highest BCUT2D eigenvalue weighted by atomic mass is 19.1. The van der Waals surface area contributed by atoms with E-state index in [1.165, 1.54) is 6.20 Å². The molecule has 4 N–H and O–H groups in total. The smallest absolute Gasteiger partial charge is 0.261 e. The number of fused-ring (bicyclic) bond motifs is 1. The first-order valence-corrected chi connectivity index (χ1v) is 7.81. The maximum atomic E-state index is 13.8. The molecule has 0 atom stereocenters. The first kappa shape index (κ1) is 16.3. The number of carbonyl (C=O) groups excluding carboxylic acids is 1. The largest absolute Gasteiger partial charge is 0.339 e. The molecule has 0 unspecified atom stereocenters. The van der Waals surface area contributed by atoms with E-state index in [1.807, 2.05) is 0 Å². The maximum absolute atomic E-state index is 13.8. The Bertz CT molecular complexity index is 949. The van der Waals surface area contributed by atoms with Crippen molar-refractivity contribution >= 4 is 11.6 Å². The molecule has 1 aliphatic heterocycles. The van der Waals surface area contributed by atoms with Crippen LogP contribution in [0.25, 0.3) is 11.5 Å². The van der Waals surface area contributed by atoms with E-state index in [4.69, 9.17) is 0 Å². The number of nitrogens with zero attached hydrogens (tertiary/aromatic N) is 2. The van der Waals surface area contributed by atoms with Crippen LogP contribution in [0.5, 0.6) is 0 Å². The summed E-state index contributed by atoms with van der Waals surface area (Å²) in [5, 5.41) is 12.1. The molecule has 1 amide bonds. The second-order valence-electron chi connectivity index (χ2n) is 5.79. The van der Waals surface area contributed by atoms with E-state index in [0.29, 0.717) is 30.2 Å². The Morgan fingerprint density at radius 2 is 1.96 bits per heavy atom. The number of hydrogen-bond donors (Lipinski definition) is 4. The highest BCUT2D eigenvalue weighted by molar-refractivity contribution is 6.06. The van der Waals surface area contributed by atoms with Crippen molar-refractivity contribution in [3.63, 3.8) is 0 Å². The van der Waals surface area contributed by atoms with Crippen molar-refractivity contribution in [1.29, 1.82) is 0 Å². The minimum atomic E-state index is -1.29. The Morgan fingerprint density at radius 1 is 1.19 bits per heavy atom. The van der Waals surface area contributed by atoms with Gasteiger partial charge in [0.2, 0.25) is 0 Å². The van der Waals surface area contributed by atoms with Crippen LogP contribution in [-0.2, 0) is 13.0 Å².